The molecular weight excluding hydrogens is 372 g/mol. The van der Waals surface area contributed by atoms with Crippen LogP contribution in [-0.4, -0.2) is 55.5 Å². The van der Waals surface area contributed by atoms with Gasteiger partial charge in [-0.25, -0.2) is 4.98 Å². The zero-order valence-corrected chi connectivity index (χ0v) is 16.9. The molecule has 4 rings (SSSR count). The second-order valence-electron chi connectivity index (χ2n) is 7.14. The highest BCUT2D eigenvalue weighted by atomic mass is 32.1. The highest BCUT2D eigenvalue weighted by Gasteiger charge is 2.33. The fraction of sp³-hybridized carbons (Fsp3) is 0.400. The summed E-state index contributed by atoms with van der Waals surface area (Å²) in [5.41, 5.74) is 1.97. The third kappa shape index (κ3) is 3.98. The number of carbonyl (C=O) groups is 1. The third-order valence-electron chi connectivity index (χ3n) is 5.12. The molecule has 0 aromatic carbocycles. The summed E-state index contributed by atoms with van der Waals surface area (Å²) in [5, 5.41) is 9.46. The highest BCUT2D eigenvalue weighted by molar-refractivity contribution is 7.10. The van der Waals surface area contributed by atoms with E-state index in [1.54, 1.807) is 35.9 Å². The SMILES string of the molecule is Cc1nc(C2CN(Cc3sccc3C)CCCN2C(=O)c2ccncc2)n[nH]1. The van der Waals surface area contributed by atoms with Gasteiger partial charge in [0.1, 0.15) is 11.9 Å². The zero-order chi connectivity index (χ0) is 19.5. The highest BCUT2D eigenvalue weighted by Crippen LogP contribution is 2.27. The zero-order valence-electron chi connectivity index (χ0n) is 16.1. The molecule has 146 valence electrons. The van der Waals surface area contributed by atoms with Crippen molar-refractivity contribution in [2.24, 2.45) is 0 Å². The lowest BCUT2D eigenvalue weighted by Gasteiger charge is -2.30. The van der Waals surface area contributed by atoms with E-state index < -0.39 is 0 Å². The van der Waals surface area contributed by atoms with Crippen LogP contribution in [0.1, 0.15) is 44.9 Å². The molecule has 0 aliphatic carbocycles. The van der Waals surface area contributed by atoms with Gasteiger partial charge in [0.05, 0.1) is 0 Å². The Balaban J connectivity index is 1.62. The smallest absolute Gasteiger partial charge is 0.254 e. The molecule has 0 radical (unpaired) electrons. The van der Waals surface area contributed by atoms with Crippen LogP contribution in [0.2, 0.25) is 0 Å². The normalized spacial score (nSPS) is 18.2. The van der Waals surface area contributed by atoms with Crippen molar-refractivity contribution < 1.29 is 4.79 Å². The number of nitrogens with one attached hydrogen (secondary N) is 1. The minimum atomic E-state index is -0.187. The Morgan fingerprint density at radius 1 is 1.25 bits per heavy atom. The van der Waals surface area contributed by atoms with E-state index in [1.807, 2.05) is 11.8 Å². The lowest BCUT2D eigenvalue weighted by molar-refractivity contribution is 0.0663. The standard InChI is InChI=1S/C20H24N6OS/c1-14-6-11-28-18(14)13-25-9-3-10-26(20(27)16-4-7-21-8-5-16)17(12-25)19-22-15(2)23-24-19/h4-8,11,17H,3,9-10,12-13H2,1-2H3,(H,22,23,24). The van der Waals surface area contributed by atoms with Crippen LogP contribution in [0.4, 0.5) is 0 Å². The maximum atomic E-state index is 13.2. The molecule has 7 nitrogen and oxygen atoms in total. The molecule has 1 aliphatic rings. The topological polar surface area (TPSA) is 78.0 Å². The molecule has 3 aromatic rings. The summed E-state index contributed by atoms with van der Waals surface area (Å²) in [6, 6.07) is 5.50. The molecule has 0 bridgehead atoms. The summed E-state index contributed by atoms with van der Waals surface area (Å²) in [4.78, 5) is 27.5. The summed E-state index contributed by atoms with van der Waals surface area (Å²) in [5.74, 6) is 1.44. The first-order valence-electron chi connectivity index (χ1n) is 9.47. The van der Waals surface area contributed by atoms with Gasteiger partial charge in [-0.05, 0) is 49.4 Å². The Morgan fingerprint density at radius 2 is 2.07 bits per heavy atom. The van der Waals surface area contributed by atoms with Gasteiger partial charge in [-0.3, -0.25) is 19.8 Å². The number of amides is 1. The van der Waals surface area contributed by atoms with Crippen molar-refractivity contribution in [2.45, 2.75) is 32.9 Å². The Morgan fingerprint density at radius 3 is 2.75 bits per heavy atom. The molecule has 1 fully saturated rings. The molecule has 8 heteroatoms. The average Bonchev–Trinajstić information content (AvgIpc) is 3.25. The summed E-state index contributed by atoms with van der Waals surface area (Å²) in [7, 11) is 0. The number of hydrogen-bond donors (Lipinski definition) is 1. The maximum Gasteiger partial charge on any atom is 0.254 e. The minimum absolute atomic E-state index is 0.00371. The van der Waals surface area contributed by atoms with Gasteiger partial charge in [0.2, 0.25) is 0 Å². The monoisotopic (exact) mass is 396 g/mol. The van der Waals surface area contributed by atoms with Gasteiger partial charge in [-0.15, -0.1) is 11.3 Å². The van der Waals surface area contributed by atoms with Gasteiger partial charge in [0.25, 0.3) is 5.91 Å². The van der Waals surface area contributed by atoms with Crippen LogP contribution >= 0.6 is 11.3 Å². The predicted octanol–water partition coefficient (Wildman–Crippen LogP) is 2.97. The van der Waals surface area contributed by atoms with Crippen LogP contribution in [0.3, 0.4) is 0 Å². The fourth-order valence-electron chi connectivity index (χ4n) is 3.60. The van der Waals surface area contributed by atoms with E-state index in [0.717, 1.165) is 25.3 Å². The lowest BCUT2D eigenvalue weighted by atomic mass is 10.1. The number of hydrogen-bond acceptors (Lipinski definition) is 6. The second-order valence-corrected chi connectivity index (χ2v) is 8.15. The number of rotatable bonds is 4. The van der Waals surface area contributed by atoms with Crippen molar-refractivity contribution in [3.05, 3.63) is 63.6 Å². The number of thiophene rings is 1. The Hall–Kier alpha value is -2.58. The number of H-pyrrole nitrogens is 1. The quantitative estimate of drug-likeness (QED) is 0.734. The van der Waals surface area contributed by atoms with E-state index in [0.29, 0.717) is 24.5 Å². The van der Waals surface area contributed by atoms with E-state index in [9.17, 15) is 4.79 Å². The fourth-order valence-corrected chi connectivity index (χ4v) is 4.55. The number of aryl methyl sites for hydroxylation is 2. The molecule has 1 amide bonds. The molecule has 0 saturated carbocycles. The molecule has 1 atom stereocenters. The molecule has 1 aliphatic heterocycles. The maximum absolute atomic E-state index is 13.2. The molecule has 1 saturated heterocycles. The van der Waals surface area contributed by atoms with Crippen LogP contribution in [0.15, 0.2) is 36.0 Å². The summed E-state index contributed by atoms with van der Waals surface area (Å²) in [6.07, 6.45) is 4.23. The van der Waals surface area contributed by atoms with E-state index >= 15 is 0 Å². The Kier molecular flexibility index (Phi) is 5.50. The van der Waals surface area contributed by atoms with Gasteiger partial charge in [0, 0.05) is 49.0 Å². The van der Waals surface area contributed by atoms with Crippen molar-refractivity contribution in [3.63, 3.8) is 0 Å². The first-order valence-corrected chi connectivity index (χ1v) is 10.3. The largest absolute Gasteiger partial charge is 0.327 e. The van der Waals surface area contributed by atoms with Gasteiger partial charge in [-0.2, -0.15) is 5.10 Å². The average molecular weight is 397 g/mol. The van der Waals surface area contributed by atoms with E-state index in [-0.39, 0.29) is 11.9 Å². The molecule has 4 heterocycles. The van der Waals surface area contributed by atoms with E-state index in [1.165, 1.54) is 10.4 Å². The summed E-state index contributed by atoms with van der Waals surface area (Å²) >= 11 is 1.79. The number of carbonyl (C=O) groups excluding carboxylic acids is 1. The molecule has 28 heavy (non-hydrogen) atoms. The Labute approximate surface area is 168 Å². The van der Waals surface area contributed by atoms with Crippen molar-refractivity contribution in [3.8, 4) is 0 Å². The number of nitrogens with zero attached hydrogens (tertiary/aromatic N) is 5. The third-order valence-corrected chi connectivity index (χ3v) is 6.12. The minimum Gasteiger partial charge on any atom is -0.327 e. The van der Waals surface area contributed by atoms with Crippen molar-refractivity contribution >= 4 is 17.2 Å². The number of pyridine rings is 1. The Bertz CT molecular complexity index is 937. The molecular formula is C20H24N6OS. The predicted molar refractivity (Wildman–Crippen MR) is 108 cm³/mol. The van der Waals surface area contributed by atoms with Gasteiger partial charge < -0.3 is 4.90 Å². The molecule has 0 spiro atoms. The van der Waals surface area contributed by atoms with E-state index in [4.69, 9.17) is 0 Å². The molecule has 1 unspecified atom stereocenters. The van der Waals surface area contributed by atoms with Crippen LogP contribution in [-0.2, 0) is 6.54 Å². The second kappa shape index (κ2) is 8.20. The van der Waals surface area contributed by atoms with Crippen molar-refractivity contribution in [2.75, 3.05) is 19.6 Å². The molecule has 3 aromatic heterocycles. The lowest BCUT2D eigenvalue weighted by Crippen LogP contribution is -2.39. The number of aromatic amines is 1. The van der Waals surface area contributed by atoms with Crippen molar-refractivity contribution in [1.29, 1.82) is 0 Å². The van der Waals surface area contributed by atoms with Crippen molar-refractivity contribution in [1.82, 2.24) is 30.0 Å². The van der Waals surface area contributed by atoms with Crippen LogP contribution in [0, 0.1) is 13.8 Å². The first-order chi connectivity index (χ1) is 13.6. The van der Waals surface area contributed by atoms with Gasteiger partial charge >= 0.3 is 0 Å². The van der Waals surface area contributed by atoms with Gasteiger partial charge in [0.15, 0.2) is 5.82 Å². The van der Waals surface area contributed by atoms with Crippen LogP contribution in [0.5, 0.6) is 0 Å². The summed E-state index contributed by atoms with van der Waals surface area (Å²) < 4.78 is 0. The van der Waals surface area contributed by atoms with Crippen LogP contribution < -0.4 is 0 Å². The van der Waals surface area contributed by atoms with Gasteiger partial charge in [-0.1, -0.05) is 0 Å². The first kappa shape index (κ1) is 18.8. The number of aromatic nitrogens is 4. The van der Waals surface area contributed by atoms with E-state index in [2.05, 4.69) is 43.4 Å². The summed E-state index contributed by atoms with van der Waals surface area (Å²) in [6.45, 7) is 7.26. The molecule has 1 N–H and O–H groups in total. The van der Waals surface area contributed by atoms with Crippen LogP contribution in [0.25, 0.3) is 0 Å².